The lowest BCUT2D eigenvalue weighted by molar-refractivity contribution is -0.135. The summed E-state index contributed by atoms with van der Waals surface area (Å²) in [6.07, 6.45) is 2.86. The molecule has 0 radical (unpaired) electrons. The molecule has 0 aromatic rings. The van der Waals surface area contributed by atoms with Crippen molar-refractivity contribution < 1.29 is 14.3 Å². The fourth-order valence-electron chi connectivity index (χ4n) is 1.92. The summed E-state index contributed by atoms with van der Waals surface area (Å²) in [4.78, 5) is 11.5. The van der Waals surface area contributed by atoms with Crippen LogP contribution in [0.5, 0.6) is 0 Å². The Balaban J connectivity index is 2.88. The minimum Gasteiger partial charge on any atom is -0.465 e. The van der Waals surface area contributed by atoms with E-state index >= 15 is 0 Å². The van der Waals surface area contributed by atoms with Crippen molar-refractivity contribution in [2.75, 3.05) is 13.7 Å². The van der Waals surface area contributed by atoms with Crippen molar-refractivity contribution in [1.82, 2.24) is 0 Å². The molecule has 3 heteroatoms. The first-order chi connectivity index (χ1) is 7.10. The van der Waals surface area contributed by atoms with Gasteiger partial charge in [0.25, 0.3) is 0 Å². The standard InChI is InChI=1S/C12H18O3/c1-5-15-10-6-8(2)11(9(3)7-10)12(13)14-4/h6,10H,5,7H2,1-4H3. The molecule has 1 aliphatic rings. The van der Waals surface area contributed by atoms with Gasteiger partial charge in [-0.3, -0.25) is 0 Å². The maximum absolute atomic E-state index is 11.5. The molecule has 84 valence electrons. The molecule has 0 saturated heterocycles. The van der Waals surface area contributed by atoms with Gasteiger partial charge in [0.2, 0.25) is 0 Å². The summed E-state index contributed by atoms with van der Waals surface area (Å²) in [6, 6.07) is 0. The molecule has 3 nitrogen and oxygen atoms in total. The van der Waals surface area contributed by atoms with Crippen molar-refractivity contribution in [3.8, 4) is 0 Å². The third-order valence-electron chi connectivity index (χ3n) is 2.53. The highest BCUT2D eigenvalue weighted by Gasteiger charge is 2.22. The first-order valence-corrected chi connectivity index (χ1v) is 5.18. The molecule has 0 saturated carbocycles. The summed E-state index contributed by atoms with van der Waals surface area (Å²) in [7, 11) is 1.41. The Morgan fingerprint density at radius 3 is 2.67 bits per heavy atom. The van der Waals surface area contributed by atoms with E-state index in [4.69, 9.17) is 9.47 Å². The van der Waals surface area contributed by atoms with Crippen molar-refractivity contribution in [3.63, 3.8) is 0 Å². The van der Waals surface area contributed by atoms with Gasteiger partial charge in [0.15, 0.2) is 0 Å². The topological polar surface area (TPSA) is 35.5 Å². The zero-order valence-corrected chi connectivity index (χ0v) is 9.79. The van der Waals surface area contributed by atoms with Crippen LogP contribution in [0.15, 0.2) is 22.8 Å². The zero-order chi connectivity index (χ0) is 11.4. The van der Waals surface area contributed by atoms with Crippen LogP contribution in [0.2, 0.25) is 0 Å². The quantitative estimate of drug-likeness (QED) is 0.670. The summed E-state index contributed by atoms with van der Waals surface area (Å²) >= 11 is 0. The fraction of sp³-hybridized carbons (Fsp3) is 0.583. The summed E-state index contributed by atoms with van der Waals surface area (Å²) in [5, 5.41) is 0. The molecule has 0 aromatic carbocycles. The van der Waals surface area contributed by atoms with Crippen LogP contribution in [0.3, 0.4) is 0 Å². The molecule has 0 amide bonds. The molecule has 0 spiro atoms. The Labute approximate surface area is 90.8 Å². The normalized spacial score (nSPS) is 21.3. The molecule has 1 atom stereocenters. The van der Waals surface area contributed by atoms with Crippen LogP contribution in [-0.4, -0.2) is 25.8 Å². The Kier molecular flexibility index (Phi) is 4.09. The Bertz CT molecular complexity index is 313. The van der Waals surface area contributed by atoms with E-state index in [-0.39, 0.29) is 12.1 Å². The van der Waals surface area contributed by atoms with Gasteiger partial charge < -0.3 is 9.47 Å². The number of carbonyl (C=O) groups excluding carboxylic acids is 1. The molecule has 0 bridgehead atoms. The van der Waals surface area contributed by atoms with Gasteiger partial charge in [0.1, 0.15) is 0 Å². The Morgan fingerprint density at radius 2 is 2.20 bits per heavy atom. The first kappa shape index (κ1) is 12.0. The lowest BCUT2D eigenvalue weighted by Crippen LogP contribution is -2.19. The van der Waals surface area contributed by atoms with E-state index in [9.17, 15) is 4.79 Å². The third kappa shape index (κ3) is 2.69. The molecule has 1 rings (SSSR count). The van der Waals surface area contributed by atoms with Crippen LogP contribution in [0.4, 0.5) is 0 Å². The van der Waals surface area contributed by atoms with Crippen molar-refractivity contribution in [2.24, 2.45) is 0 Å². The second-order valence-corrected chi connectivity index (χ2v) is 3.69. The van der Waals surface area contributed by atoms with Crippen molar-refractivity contribution >= 4 is 5.97 Å². The van der Waals surface area contributed by atoms with E-state index in [2.05, 4.69) is 0 Å². The zero-order valence-electron chi connectivity index (χ0n) is 9.79. The van der Waals surface area contributed by atoms with Crippen LogP contribution >= 0.6 is 0 Å². The predicted octanol–water partition coefficient (Wildman–Crippen LogP) is 2.23. The molecule has 0 N–H and O–H groups in total. The van der Waals surface area contributed by atoms with Gasteiger partial charge in [-0.25, -0.2) is 4.79 Å². The van der Waals surface area contributed by atoms with Crippen molar-refractivity contribution in [3.05, 3.63) is 22.8 Å². The molecule has 15 heavy (non-hydrogen) atoms. The average Bonchev–Trinajstić information content (AvgIpc) is 2.16. The monoisotopic (exact) mass is 210 g/mol. The van der Waals surface area contributed by atoms with Gasteiger partial charge in [-0.05, 0) is 32.8 Å². The van der Waals surface area contributed by atoms with Crippen LogP contribution < -0.4 is 0 Å². The highest BCUT2D eigenvalue weighted by Crippen LogP contribution is 2.27. The molecule has 0 aromatic heterocycles. The fourth-order valence-corrected chi connectivity index (χ4v) is 1.92. The van der Waals surface area contributed by atoms with E-state index in [0.29, 0.717) is 12.2 Å². The number of carbonyl (C=O) groups is 1. The minimum absolute atomic E-state index is 0.100. The van der Waals surface area contributed by atoms with Crippen LogP contribution in [-0.2, 0) is 14.3 Å². The molecule has 0 heterocycles. The number of rotatable bonds is 3. The molecule has 1 aliphatic carbocycles. The number of methoxy groups -OCH3 is 1. The SMILES string of the molecule is CCOC1C=C(C)C(C(=O)OC)=C(C)C1. The second-order valence-electron chi connectivity index (χ2n) is 3.69. The number of hydrogen-bond acceptors (Lipinski definition) is 3. The molecular formula is C12H18O3. The lowest BCUT2D eigenvalue weighted by atomic mass is 9.91. The predicted molar refractivity (Wildman–Crippen MR) is 58.5 cm³/mol. The van der Waals surface area contributed by atoms with Gasteiger partial charge in [0, 0.05) is 6.61 Å². The second kappa shape index (κ2) is 5.12. The lowest BCUT2D eigenvalue weighted by Gasteiger charge is -2.22. The first-order valence-electron chi connectivity index (χ1n) is 5.18. The van der Waals surface area contributed by atoms with Gasteiger partial charge in [0.05, 0.1) is 18.8 Å². The van der Waals surface area contributed by atoms with E-state index in [1.807, 2.05) is 26.8 Å². The molecule has 1 unspecified atom stereocenters. The maximum Gasteiger partial charge on any atom is 0.338 e. The minimum atomic E-state index is -0.254. The summed E-state index contributed by atoms with van der Waals surface area (Å²) < 4.78 is 10.3. The number of ether oxygens (including phenoxy) is 2. The van der Waals surface area contributed by atoms with Crippen molar-refractivity contribution in [1.29, 1.82) is 0 Å². The van der Waals surface area contributed by atoms with E-state index < -0.39 is 0 Å². The van der Waals surface area contributed by atoms with Gasteiger partial charge in [-0.1, -0.05) is 11.6 Å². The third-order valence-corrected chi connectivity index (χ3v) is 2.53. The molecule has 0 aliphatic heterocycles. The van der Waals surface area contributed by atoms with E-state index in [1.54, 1.807) is 0 Å². The van der Waals surface area contributed by atoms with Gasteiger partial charge in [-0.2, -0.15) is 0 Å². The van der Waals surface area contributed by atoms with Crippen molar-refractivity contribution in [2.45, 2.75) is 33.3 Å². The highest BCUT2D eigenvalue weighted by molar-refractivity contribution is 5.94. The highest BCUT2D eigenvalue weighted by atomic mass is 16.5. The number of esters is 1. The van der Waals surface area contributed by atoms with E-state index in [0.717, 1.165) is 17.6 Å². The van der Waals surface area contributed by atoms with Crippen LogP contribution in [0, 0.1) is 0 Å². The maximum atomic E-state index is 11.5. The van der Waals surface area contributed by atoms with Crippen LogP contribution in [0.1, 0.15) is 27.2 Å². The number of hydrogen-bond donors (Lipinski definition) is 0. The summed E-state index contributed by atoms with van der Waals surface area (Å²) in [5.41, 5.74) is 2.69. The Hall–Kier alpha value is -1.09. The average molecular weight is 210 g/mol. The summed E-state index contributed by atoms with van der Waals surface area (Å²) in [5.74, 6) is -0.254. The largest absolute Gasteiger partial charge is 0.465 e. The summed E-state index contributed by atoms with van der Waals surface area (Å²) in [6.45, 7) is 6.53. The Morgan fingerprint density at radius 1 is 1.53 bits per heavy atom. The smallest absolute Gasteiger partial charge is 0.338 e. The van der Waals surface area contributed by atoms with Gasteiger partial charge in [-0.15, -0.1) is 0 Å². The molecular weight excluding hydrogens is 192 g/mol. The van der Waals surface area contributed by atoms with Crippen LogP contribution in [0.25, 0.3) is 0 Å². The van der Waals surface area contributed by atoms with E-state index in [1.165, 1.54) is 7.11 Å². The molecule has 0 fully saturated rings. The van der Waals surface area contributed by atoms with Gasteiger partial charge >= 0.3 is 5.97 Å².